The molecule has 3 atom stereocenters. The highest BCUT2D eigenvalue weighted by Crippen LogP contribution is 2.29. The highest BCUT2D eigenvalue weighted by molar-refractivity contribution is 7.92. The maximum Gasteiger partial charge on any atom is 0.257 e. The summed E-state index contributed by atoms with van der Waals surface area (Å²) in [5, 5.41) is 0. The van der Waals surface area contributed by atoms with Crippen LogP contribution in [0.2, 0.25) is 0 Å². The van der Waals surface area contributed by atoms with Gasteiger partial charge in [-0.2, -0.15) is 0 Å². The van der Waals surface area contributed by atoms with Gasteiger partial charge in [0, 0.05) is 45.1 Å². The molecular weight excluding hydrogens is 470 g/mol. The van der Waals surface area contributed by atoms with Crippen LogP contribution in [0.3, 0.4) is 0 Å². The third-order valence-electron chi connectivity index (χ3n) is 6.99. The summed E-state index contributed by atoms with van der Waals surface area (Å²) >= 11 is 0. The van der Waals surface area contributed by atoms with Crippen LogP contribution in [0.1, 0.15) is 56.3 Å². The quantitative estimate of drug-likeness (QED) is 0.669. The number of rotatable bonds is 4. The lowest BCUT2D eigenvalue weighted by atomic mass is 9.87. The number of sulfonamides is 1. The molecule has 1 aromatic carbocycles. The van der Waals surface area contributed by atoms with Gasteiger partial charge in [0.25, 0.3) is 5.91 Å². The zero-order chi connectivity index (χ0) is 25.8. The Bertz CT molecular complexity index is 1010. The topological polar surface area (TPSA) is 105 Å². The predicted molar refractivity (Wildman–Crippen MR) is 135 cm³/mol. The predicted octanol–water partition coefficient (Wildman–Crippen LogP) is 2.97. The molecule has 0 spiro atoms. The smallest absolute Gasteiger partial charge is 0.257 e. The first-order valence-electron chi connectivity index (χ1n) is 12.3. The van der Waals surface area contributed by atoms with Crippen molar-refractivity contribution in [2.24, 2.45) is 11.8 Å². The maximum absolute atomic E-state index is 13.6. The molecule has 0 radical (unpaired) electrons. The van der Waals surface area contributed by atoms with Crippen LogP contribution in [0.15, 0.2) is 18.2 Å². The molecule has 196 valence electrons. The first-order valence-corrected chi connectivity index (χ1v) is 14.2. The minimum Gasteiger partial charge on any atom is -0.491 e. The number of nitrogens with zero attached hydrogens (tertiary/aromatic N) is 2. The van der Waals surface area contributed by atoms with Gasteiger partial charge in [-0.3, -0.25) is 14.3 Å². The van der Waals surface area contributed by atoms with Crippen molar-refractivity contribution in [2.45, 2.75) is 58.1 Å². The Morgan fingerprint density at radius 1 is 1.14 bits per heavy atom. The van der Waals surface area contributed by atoms with E-state index in [9.17, 15) is 18.0 Å². The second-order valence-corrected chi connectivity index (χ2v) is 11.8. The molecule has 35 heavy (non-hydrogen) atoms. The molecule has 9 nitrogen and oxygen atoms in total. The fraction of sp³-hybridized carbons (Fsp3) is 0.680. The first kappa shape index (κ1) is 27.3. The Labute approximate surface area is 209 Å². The molecule has 1 aromatic rings. The van der Waals surface area contributed by atoms with Gasteiger partial charge in [-0.1, -0.05) is 26.2 Å². The highest BCUT2D eigenvalue weighted by atomic mass is 32.2. The molecule has 1 heterocycles. The average molecular weight is 510 g/mol. The molecule has 1 aliphatic carbocycles. The number of anilines is 1. The van der Waals surface area contributed by atoms with Crippen molar-refractivity contribution in [3.8, 4) is 5.75 Å². The number of hydrogen-bond acceptors (Lipinski definition) is 6. The zero-order valence-electron chi connectivity index (χ0n) is 21.5. The Balaban J connectivity index is 1.96. The van der Waals surface area contributed by atoms with Gasteiger partial charge in [0.15, 0.2) is 0 Å². The van der Waals surface area contributed by atoms with Crippen LogP contribution in [0.5, 0.6) is 5.75 Å². The van der Waals surface area contributed by atoms with Crippen molar-refractivity contribution >= 4 is 27.5 Å². The number of fused-ring (bicyclic) bond motifs is 1. The molecular formula is C25H39N3O6S. The Morgan fingerprint density at radius 3 is 2.46 bits per heavy atom. The third kappa shape index (κ3) is 7.10. The summed E-state index contributed by atoms with van der Waals surface area (Å²) in [4.78, 5) is 30.3. The molecule has 10 heteroatoms. The number of carbonyl (C=O) groups is 2. The Hall–Kier alpha value is -2.33. The molecule has 2 amide bonds. The number of ether oxygens (including phenoxy) is 2. The Morgan fingerprint density at radius 2 is 1.83 bits per heavy atom. The van der Waals surface area contributed by atoms with Gasteiger partial charge in [0.2, 0.25) is 15.9 Å². The summed E-state index contributed by atoms with van der Waals surface area (Å²) in [6.45, 7) is 5.02. The van der Waals surface area contributed by atoms with Crippen LogP contribution in [0, 0.1) is 11.8 Å². The summed E-state index contributed by atoms with van der Waals surface area (Å²) in [6, 6.07) is 4.38. The van der Waals surface area contributed by atoms with E-state index in [-0.39, 0.29) is 48.2 Å². The van der Waals surface area contributed by atoms with E-state index in [1.165, 1.54) is 12.5 Å². The summed E-state index contributed by atoms with van der Waals surface area (Å²) < 4.78 is 37.7. The van der Waals surface area contributed by atoms with Crippen molar-refractivity contribution in [3.63, 3.8) is 0 Å². The molecule has 3 rings (SSSR count). The molecule has 1 N–H and O–H groups in total. The van der Waals surface area contributed by atoms with Crippen LogP contribution in [-0.4, -0.2) is 82.3 Å². The van der Waals surface area contributed by atoms with E-state index in [4.69, 9.17) is 9.47 Å². The number of benzene rings is 1. The molecule has 0 aromatic heterocycles. The van der Waals surface area contributed by atoms with Gasteiger partial charge < -0.3 is 19.3 Å². The van der Waals surface area contributed by atoms with E-state index < -0.39 is 10.0 Å². The van der Waals surface area contributed by atoms with Crippen molar-refractivity contribution in [3.05, 3.63) is 23.8 Å². The van der Waals surface area contributed by atoms with Crippen LogP contribution >= 0.6 is 0 Å². The summed E-state index contributed by atoms with van der Waals surface area (Å²) in [7, 11) is -0.170. The molecule has 0 unspecified atom stereocenters. The number of methoxy groups -OCH3 is 1. The van der Waals surface area contributed by atoms with Crippen molar-refractivity contribution in [2.75, 3.05) is 44.8 Å². The number of nitrogens with one attached hydrogen (secondary N) is 1. The SMILES string of the molecule is CO[C@H]1CN(C)C(=O)c2ccc(NS(C)(=O)=O)cc2OC[C@@H](C)N(C(=O)C2CCCCC2)C[C@H]1C. The van der Waals surface area contributed by atoms with E-state index >= 15 is 0 Å². The maximum atomic E-state index is 13.6. The van der Waals surface area contributed by atoms with Gasteiger partial charge in [-0.15, -0.1) is 0 Å². The number of carbonyl (C=O) groups excluding carboxylic acids is 2. The van der Waals surface area contributed by atoms with E-state index in [1.54, 1.807) is 31.2 Å². The third-order valence-corrected chi connectivity index (χ3v) is 7.59. The lowest BCUT2D eigenvalue weighted by Crippen LogP contribution is -2.50. The van der Waals surface area contributed by atoms with E-state index in [0.717, 1.165) is 31.9 Å². The fourth-order valence-corrected chi connectivity index (χ4v) is 5.50. The van der Waals surface area contributed by atoms with E-state index in [0.29, 0.717) is 24.3 Å². The zero-order valence-corrected chi connectivity index (χ0v) is 22.3. The van der Waals surface area contributed by atoms with Gasteiger partial charge >= 0.3 is 0 Å². The molecule has 0 bridgehead atoms. The first-order chi connectivity index (χ1) is 16.5. The number of hydrogen-bond donors (Lipinski definition) is 1. The standard InChI is InChI=1S/C25H39N3O6S/c1-17-14-28(24(29)19-9-7-6-8-10-19)18(2)16-34-22-13-20(26-35(5,31)32)11-12-21(22)25(30)27(3)15-23(17)33-4/h11-13,17-19,23,26H,6-10,14-16H2,1-5H3/t17-,18-,23+/m1/s1. The van der Waals surface area contributed by atoms with Crippen molar-refractivity contribution in [1.29, 1.82) is 0 Å². The summed E-state index contributed by atoms with van der Waals surface area (Å²) in [6.07, 6.45) is 5.94. The summed E-state index contributed by atoms with van der Waals surface area (Å²) in [5.74, 6) is 0.204. The van der Waals surface area contributed by atoms with Gasteiger partial charge in [0.1, 0.15) is 12.4 Å². The van der Waals surface area contributed by atoms with Crippen molar-refractivity contribution < 1.29 is 27.5 Å². The largest absolute Gasteiger partial charge is 0.491 e. The molecule has 1 fully saturated rings. The molecule has 2 aliphatic rings. The normalized spacial score (nSPS) is 25.2. The summed E-state index contributed by atoms with van der Waals surface area (Å²) in [5.41, 5.74) is 0.631. The van der Waals surface area contributed by atoms with Crippen LogP contribution in [0.25, 0.3) is 0 Å². The molecule has 1 saturated carbocycles. The van der Waals surface area contributed by atoms with Gasteiger partial charge in [-0.05, 0) is 31.9 Å². The van der Waals surface area contributed by atoms with Crippen LogP contribution in [-0.2, 0) is 19.6 Å². The minimum atomic E-state index is -3.50. The lowest BCUT2D eigenvalue weighted by Gasteiger charge is -2.38. The second-order valence-electron chi connectivity index (χ2n) is 10.0. The lowest BCUT2D eigenvalue weighted by molar-refractivity contribution is -0.141. The monoisotopic (exact) mass is 509 g/mol. The molecule has 1 aliphatic heterocycles. The number of amides is 2. The van der Waals surface area contributed by atoms with Crippen molar-refractivity contribution in [1.82, 2.24) is 9.80 Å². The van der Waals surface area contributed by atoms with Gasteiger partial charge in [-0.25, -0.2) is 8.42 Å². The average Bonchev–Trinajstić information content (AvgIpc) is 2.82. The fourth-order valence-electron chi connectivity index (χ4n) is 4.94. The molecule has 0 saturated heterocycles. The van der Waals surface area contributed by atoms with E-state index in [1.807, 2.05) is 18.7 Å². The number of likely N-dealkylation sites (N-methyl/N-ethyl adjacent to an activating group) is 1. The second kappa shape index (κ2) is 11.6. The van der Waals surface area contributed by atoms with Crippen LogP contribution in [0.4, 0.5) is 5.69 Å². The minimum absolute atomic E-state index is 0.00507. The van der Waals surface area contributed by atoms with E-state index in [2.05, 4.69) is 4.72 Å². The highest BCUT2D eigenvalue weighted by Gasteiger charge is 2.33. The Kier molecular flexibility index (Phi) is 9.04. The van der Waals surface area contributed by atoms with Crippen LogP contribution < -0.4 is 9.46 Å². The van der Waals surface area contributed by atoms with Gasteiger partial charge in [0.05, 0.1) is 29.7 Å².